The van der Waals surface area contributed by atoms with E-state index >= 15 is 0 Å². The van der Waals surface area contributed by atoms with Crippen LogP contribution in [-0.2, 0) is 16.1 Å². The van der Waals surface area contributed by atoms with Gasteiger partial charge in [-0.1, -0.05) is 28.1 Å². The van der Waals surface area contributed by atoms with E-state index in [1.807, 2.05) is 38.1 Å². The van der Waals surface area contributed by atoms with Gasteiger partial charge in [-0.05, 0) is 38.5 Å². The maximum atomic E-state index is 13.1. The number of benzene rings is 2. The summed E-state index contributed by atoms with van der Waals surface area (Å²) in [6.45, 7) is 5.51. The number of nitrogens with zero attached hydrogens (tertiary/aromatic N) is 1. The third-order valence-electron chi connectivity index (χ3n) is 4.53. The van der Waals surface area contributed by atoms with E-state index in [0.29, 0.717) is 17.2 Å². The molecule has 0 aromatic heterocycles. The van der Waals surface area contributed by atoms with Gasteiger partial charge in [-0.15, -0.1) is 0 Å². The average molecular weight is 493 g/mol. The number of rotatable bonds is 10. The van der Waals surface area contributed by atoms with Crippen molar-refractivity contribution in [3.8, 4) is 17.2 Å². The first-order valence-electron chi connectivity index (χ1n) is 9.93. The third-order valence-corrected chi connectivity index (χ3v) is 5.02. The Balaban J connectivity index is 2.19. The highest BCUT2D eigenvalue weighted by molar-refractivity contribution is 9.10. The predicted octanol–water partition coefficient (Wildman–Crippen LogP) is 3.79. The zero-order valence-electron chi connectivity index (χ0n) is 18.5. The second kappa shape index (κ2) is 11.6. The Morgan fingerprint density at radius 3 is 2.16 bits per heavy atom. The topological polar surface area (TPSA) is 77.1 Å². The lowest BCUT2D eigenvalue weighted by Gasteiger charge is -2.29. The maximum Gasteiger partial charge on any atom is 0.261 e. The van der Waals surface area contributed by atoms with Crippen molar-refractivity contribution in [1.82, 2.24) is 10.2 Å². The number of ether oxygens (including phenoxy) is 3. The Labute approximate surface area is 191 Å². The molecule has 0 aliphatic rings. The molecule has 0 saturated carbocycles. The van der Waals surface area contributed by atoms with Gasteiger partial charge in [0, 0.05) is 35.3 Å². The maximum absolute atomic E-state index is 13.1. The summed E-state index contributed by atoms with van der Waals surface area (Å²) in [5.41, 5.74) is 0.898. The van der Waals surface area contributed by atoms with Gasteiger partial charge in [0.1, 0.15) is 23.3 Å². The summed E-state index contributed by atoms with van der Waals surface area (Å²) in [5, 5.41) is 2.86. The first kappa shape index (κ1) is 24.5. The van der Waals surface area contributed by atoms with Crippen molar-refractivity contribution in [2.45, 2.75) is 39.4 Å². The number of amides is 2. The van der Waals surface area contributed by atoms with E-state index in [9.17, 15) is 9.59 Å². The summed E-state index contributed by atoms with van der Waals surface area (Å²) in [5.74, 6) is 1.01. The first-order valence-corrected chi connectivity index (χ1v) is 10.7. The van der Waals surface area contributed by atoms with Crippen molar-refractivity contribution in [3.63, 3.8) is 0 Å². The quantitative estimate of drug-likeness (QED) is 0.545. The molecule has 0 aliphatic carbocycles. The number of nitrogens with one attached hydrogen (secondary N) is 1. The Morgan fingerprint density at radius 2 is 1.61 bits per heavy atom. The lowest BCUT2D eigenvalue weighted by Crippen LogP contribution is -2.50. The predicted molar refractivity (Wildman–Crippen MR) is 122 cm³/mol. The van der Waals surface area contributed by atoms with Gasteiger partial charge in [0.25, 0.3) is 5.91 Å². The molecule has 7 nitrogen and oxygen atoms in total. The fraction of sp³-hybridized carbons (Fsp3) is 0.391. The second-order valence-electron chi connectivity index (χ2n) is 7.33. The lowest BCUT2D eigenvalue weighted by atomic mass is 10.1. The van der Waals surface area contributed by atoms with E-state index in [1.165, 1.54) is 4.90 Å². The molecule has 0 unspecified atom stereocenters. The molecule has 1 atom stereocenters. The van der Waals surface area contributed by atoms with Gasteiger partial charge >= 0.3 is 0 Å². The van der Waals surface area contributed by atoms with Crippen molar-refractivity contribution in [3.05, 3.63) is 52.5 Å². The number of carbonyl (C=O) groups is 2. The SMILES string of the molecule is COc1cc(OC)cc(OCC(=O)N(Cc2cccc(Br)c2)[C@@H](C)C(=O)NC(C)C)c1. The van der Waals surface area contributed by atoms with E-state index in [-0.39, 0.29) is 31.0 Å². The van der Waals surface area contributed by atoms with Gasteiger partial charge < -0.3 is 24.4 Å². The third kappa shape index (κ3) is 7.47. The van der Waals surface area contributed by atoms with Crippen LogP contribution in [0.1, 0.15) is 26.3 Å². The molecule has 0 radical (unpaired) electrons. The van der Waals surface area contributed by atoms with E-state index in [1.54, 1.807) is 39.3 Å². The van der Waals surface area contributed by atoms with E-state index in [2.05, 4.69) is 21.2 Å². The minimum atomic E-state index is -0.669. The van der Waals surface area contributed by atoms with Gasteiger partial charge in [0.15, 0.2) is 6.61 Å². The molecule has 0 aliphatic heterocycles. The number of halogens is 1. The highest BCUT2D eigenvalue weighted by Crippen LogP contribution is 2.27. The van der Waals surface area contributed by atoms with Gasteiger partial charge in [0.2, 0.25) is 5.91 Å². The molecule has 0 fully saturated rings. The number of hydrogen-bond donors (Lipinski definition) is 1. The van der Waals surface area contributed by atoms with E-state index in [4.69, 9.17) is 14.2 Å². The van der Waals surface area contributed by atoms with Crippen molar-refractivity contribution < 1.29 is 23.8 Å². The summed E-state index contributed by atoms with van der Waals surface area (Å²) >= 11 is 3.45. The number of carbonyl (C=O) groups excluding carboxylic acids is 2. The van der Waals surface area contributed by atoms with Gasteiger partial charge in [-0.2, -0.15) is 0 Å². The molecule has 2 amide bonds. The van der Waals surface area contributed by atoms with E-state index in [0.717, 1.165) is 10.0 Å². The lowest BCUT2D eigenvalue weighted by molar-refractivity contribution is -0.142. The molecule has 0 heterocycles. The molecule has 0 spiro atoms. The summed E-state index contributed by atoms with van der Waals surface area (Å²) < 4.78 is 17.1. The molecule has 1 N–H and O–H groups in total. The van der Waals surface area contributed by atoms with Crippen LogP contribution >= 0.6 is 15.9 Å². The largest absolute Gasteiger partial charge is 0.496 e. The van der Waals surface area contributed by atoms with Crippen molar-refractivity contribution in [2.75, 3.05) is 20.8 Å². The Kier molecular flexibility index (Phi) is 9.18. The van der Waals surface area contributed by atoms with Crippen LogP contribution in [0.25, 0.3) is 0 Å². The van der Waals surface area contributed by atoms with Crippen LogP contribution in [-0.4, -0.2) is 49.6 Å². The van der Waals surface area contributed by atoms with Crippen molar-refractivity contribution in [2.24, 2.45) is 0 Å². The van der Waals surface area contributed by atoms with Crippen LogP contribution in [0.3, 0.4) is 0 Å². The van der Waals surface area contributed by atoms with Crippen LogP contribution in [0, 0.1) is 0 Å². The van der Waals surface area contributed by atoms with Gasteiger partial charge in [-0.3, -0.25) is 9.59 Å². The van der Waals surface area contributed by atoms with E-state index < -0.39 is 6.04 Å². The van der Waals surface area contributed by atoms with Crippen LogP contribution in [0.2, 0.25) is 0 Å². The molecule has 168 valence electrons. The molecule has 2 aromatic carbocycles. The van der Waals surface area contributed by atoms with Crippen LogP contribution in [0.5, 0.6) is 17.2 Å². The molecule has 31 heavy (non-hydrogen) atoms. The van der Waals surface area contributed by atoms with Gasteiger partial charge in [-0.25, -0.2) is 0 Å². The van der Waals surface area contributed by atoms with Gasteiger partial charge in [0.05, 0.1) is 14.2 Å². The summed E-state index contributed by atoms with van der Waals surface area (Å²) in [4.78, 5) is 27.2. The molecule has 0 saturated heterocycles. The highest BCUT2D eigenvalue weighted by Gasteiger charge is 2.27. The minimum absolute atomic E-state index is 0.0294. The monoisotopic (exact) mass is 492 g/mol. The van der Waals surface area contributed by atoms with Crippen molar-refractivity contribution in [1.29, 1.82) is 0 Å². The van der Waals surface area contributed by atoms with Crippen LogP contribution in [0.15, 0.2) is 46.9 Å². The average Bonchev–Trinajstić information content (AvgIpc) is 2.74. The molecule has 0 bridgehead atoms. The molecule has 8 heteroatoms. The van der Waals surface area contributed by atoms with Crippen molar-refractivity contribution >= 4 is 27.7 Å². The van der Waals surface area contributed by atoms with Crippen LogP contribution < -0.4 is 19.5 Å². The van der Waals surface area contributed by atoms with Crippen LogP contribution in [0.4, 0.5) is 0 Å². The fourth-order valence-corrected chi connectivity index (χ4v) is 3.36. The Morgan fingerprint density at radius 1 is 1.00 bits per heavy atom. The number of hydrogen-bond acceptors (Lipinski definition) is 5. The molecular formula is C23H29BrN2O5. The molecule has 2 aromatic rings. The Hall–Kier alpha value is -2.74. The summed E-state index contributed by atoms with van der Waals surface area (Å²) in [6, 6.07) is 12.0. The minimum Gasteiger partial charge on any atom is -0.496 e. The smallest absolute Gasteiger partial charge is 0.261 e. The zero-order valence-corrected chi connectivity index (χ0v) is 20.1. The standard InChI is InChI=1S/C23H29BrN2O5/c1-15(2)25-23(28)16(3)26(13-17-7-6-8-18(24)9-17)22(27)14-31-21-11-19(29-4)10-20(12-21)30-5/h6-12,15-16H,13-14H2,1-5H3,(H,25,28)/t16-/m0/s1. The fourth-order valence-electron chi connectivity index (χ4n) is 2.91. The summed E-state index contributed by atoms with van der Waals surface area (Å²) in [6.07, 6.45) is 0. The first-order chi connectivity index (χ1) is 14.7. The Bertz CT molecular complexity index is 881. The normalized spacial score (nSPS) is 11.6. The molecular weight excluding hydrogens is 464 g/mol. The zero-order chi connectivity index (χ0) is 23.0. The second-order valence-corrected chi connectivity index (χ2v) is 8.24. The highest BCUT2D eigenvalue weighted by atomic mass is 79.9. The summed E-state index contributed by atoms with van der Waals surface area (Å²) in [7, 11) is 3.08. The number of methoxy groups -OCH3 is 2. The molecule has 2 rings (SSSR count).